The average molecular weight is 414 g/mol. The standard InChI is InChI=1S/C19H14N2O.HI/c1-22-14-11-9-13(10-12-14)15-5-4-8-18-19(15)21-17-7-3-2-6-16(17)20-18;/h2-12H,1H3;1H. The Morgan fingerprint density at radius 3 is 2.04 bits per heavy atom. The normalized spacial score (nSPS) is 10.5. The average Bonchev–Trinajstić information content (AvgIpc) is 2.59. The van der Waals surface area contributed by atoms with Crippen molar-refractivity contribution in [2.75, 3.05) is 7.11 Å². The second kappa shape index (κ2) is 6.50. The molecule has 0 atom stereocenters. The van der Waals surface area contributed by atoms with Crippen LogP contribution < -0.4 is 4.74 Å². The largest absolute Gasteiger partial charge is 0.497 e. The summed E-state index contributed by atoms with van der Waals surface area (Å²) in [5, 5.41) is 0. The molecule has 0 amide bonds. The number of para-hydroxylation sites is 3. The lowest BCUT2D eigenvalue weighted by molar-refractivity contribution is 0.415. The highest BCUT2D eigenvalue weighted by Crippen LogP contribution is 2.29. The molecule has 1 aromatic heterocycles. The molecule has 0 spiro atoms. The van der Waals surface area contributed by atoms with E-state index in [1.807, 2.05) is 60.7 Å². The molecule has 0 radical (unpaired) electrons. The number of benzene rings is 3. The van der Waals surface area contributed by atoms with Crippen LogP contribution in [0, 0.1) is 0 Å². The SMILES string of the molecule is COc1ccc(-c2cccc3nc4ccccc4nc23)cc1.I. The molecule has 1 heterocycles. The summed E-state index contributed by atoms with van der Waals surface area (Å²) in [4.78, 5) is 9.51. The fraction of sp³-hybridized carbons (Fsp3) is 0.0526. The van der Waals surface area contributed by atoms with Crippen LogP contribution in [0.15, 0.2) is 66.7 Å². The highest BCUT2D eigenvalue weighted by atomic mass is 127. The maximum atomic E-state index is 5.22. The summed E-state index contributed by atoms with van der Waals surface area (Å²) in [7, 11) is 1.67. The molecule has 0 aliphatic rings. The summed E-state index contributed by atoms with van der Waals surface area (Å²) in [5.41, 5.74) is 5.85. The third-order valence-electron chi connectivity index (χ3n) is 3.77. The molecule has 0 aliphatic heterocycles. The van der Waals surface area contributed by atoms with E-state index in [0.717, 1.165) is 38.9 Å². The van der Waals surface area contributed by atoms with Crippen LogP contribution in [0.2, 0.25) is 0 Å². The number of fused-ring (bicyclic) bond motifs is 2. The first kappa shape index (κ1) is 15.7. The molecule has 3 aromatic carbocycles. The zero-order valence-corrected chi connectivity index (χ0v) is 14.9. The second-order valence-electron chi connectivity index (χ2n) is 5.11. The van der Waals surface area contributed by atoms with Gasteiger partial charge in [-0.3, -0.25) is 0 Å². The first-order valence-corrected chi connectivity index (χ1v) is 7.15. The summed E-state index contributed by atoms with van der Waals surface area (Å²) in [6.45, 7) is 0. The van der Waals surface area contributed by atoms with Gasteiger partial charge in [-0.1, -0.05) is 36.4 Å². The summed E-state index contributed by atoms with van der Waals surface area (Å²) >= 11 is 0. The van der Waals surface area contributed by atoms with Crippen molar-refractivity contribution < 1.29 is 4.74 Å². The molecule has 4 rings (SSSR count). The molecule has 0 bridgehead atoms. The van der Waals surface area contributed by atoms with Crippen molar-refractivity contribution in [3.05, 3.63) is 66.7 Å². The summed E-state index contributed by atoms with van der Waals surface area (Å²) in [5.74, 6) is 0.848. The number of halogens is 1. The molecule has 4 heteroatoms. The third-order valence-corrected chi connectivity index (χ3v) is 3.77. The van der Waals surface area contributed by atoms with Gasteiger partial charge in [0.15, 0.2) is 0 Å². The van der Waals surface area contributed by atoms with Gasteiger partial charge in [-0.15, -0.1) is 24.0 Å². The predicted molar refractivity (Wildman–Crippen MR) is 104 cm³/mol. The lowest BCUT2D eigenvalue weighted by Crippen LogP contribution is -1.90. The van der Waals surface area contributed by atoms with Crippen molar-refractivity contribution in [1.82, 2.24) is 9.97 Å². The van der Waals surface area contributed by atoms with Crippen molar-refractivity contribution in [3.8, 4) is 16.9 Å². The molecular formula is C19H15IN2O. The lowest BCUT2D eigenvalue weighted by atomic mass is 10.0. The van der Waals surface area contributed by atoms with E-state index in [9.17, 15) is 0 Å². The lowest BCUT2D eigenvalue weighted by Gasteiger charge is -2.08. The van der Waals surface area contributed by atoms with Crippen LogP contribution in [0.1, 0.15) is 0 Å². The minimum Gasteiger partial charge on any atom is -0.497 e. The number of ether oxygens (including phenoxy) is 1. The van der Waals surface area contributed by atoms with Crippen LogP contribution in [0.4, 0.5) is 0 Å². The smallest absolute Gasteiger partial charge is 0.118 e. The minimum absolute atomic E-state index is 0. The zero-order chi connectivity index (χ0) is 14.9. The minimum atomic E-state index is 0. The van der Waals surface area contributed by atoms with Gasteiger partial charge in [0, 0.05) is 5.56 Å². The Morgan fingerprint density at radius 2 is 1.35 bits per heavy atom. The quantitative estimate of drug-likeness (QED) is 0.339. The first-order valence-electron chi connectivity index (χ1n) is 7.15. The molecule has 4 aromatic rings. The van der Waals surface area contributed by atoms with Gasteiger partial charge in [-0.25, -0.2) is 9.97 Å². The molecule has 0 saturated carbocycles. The van der Waals surface area contributed by atoms with Crippen LogP contribution in [0.5, 0.6) is 5.75 Å². The van der Waals surface area contributed by atoms with Crippen LogP contribution in [-0.4, -0.2) is 17.1 Å². The third kappa shape index (κ3) is 2.86. The zero-order valence-electron chi connectivity index (χ0n) is 12.6. The van der Waals surface area contributed by atoms with Gasteiger partial charge >= 0.3 is 0 Å². The van der Waals surface area contributed by atoms with Crippen molar-refractivity contribution in [2.24, 2.45) is 0 Å². The van der Waals surface area contributed by atoms with Gasteiger partial charge in [0.05, 0.1) is 29.2 Å². The number of hydrogen-bond donors (Lipinski definition) is 0. The fourth-order valence-corrected chi connectivity index (χ4v) is 2.65. The summed E-state index contributed by atoms with van der Waals surface area (Å²) in [6, 6.07) is 22.1. The summed E-state index contributed by atoms with van der Waals surface area (Å²) in [6.07, 6.45) is 0. The van der Waals surface area contributed by atoms with E-state index < -0.39 is 0 Å². The van der Waals surface area contributed by atoms with Gasteiger partial charge in [-0.05, 0) is 35.9 Å². The van der Waals surface area contributed by atoms with Gasteiger partial charge in [0.1, 0.15) is 5.75 Å². The van der Waals surface area contributed by atoms with Crippen molar-refractivity contribution in [3.63, 3.8) is 0 Å². The number of methoxy groups -OCH3 is 1. The molecular weight excluding hydrogens is 399 g/mol. The van der Waals surface area contributed by atoms with E-state index in [4.69, 9.17) is 14.7 Å². The van der Waals surface area contributed by atoms with E-state index in [-0.39, 0.29) is 24.0 Å². The number of rotatable bonds is 2. The van der Waals surface area contributed by atoms with Crippen molar-refractivity contribution in [1.29, 1.82) is 0 Å². The molecule has 0 fully saturated rings. The van der Waals surface area contributed by atoms with Gasteiger partial charge in [0.25, 0.3) is 0 Å². The van der Waals surface area contributed by atoms with Crippen molar-refractivity contribution in [2.45, 2.75) is 0 Å². The first-order chi connectivity index (χ1) is 10.8. The maximum Gasteiger partial charge on any atom is 0.118 e. The Bertz CT molecular complexity index is 968. The van der Waals surface area contributed by atoms with E-state index in [0.29, 0.717) is 0 Å². The highest BCUT2D eigenvalue weighted by molar-refractivity contribution is 14.0. The van der Waals surface area contributed by atoms with Gasteiger partial charge in [0.2, 0.25) is 0 Å². The Kier molecular flexibility index (Phi) is 4.43. The number of aromatic nitrogens is 2. The van der Waals surface area contributed by atoms with Gasteiger partial charge < -0.3 is 4.74 Å². The van der Waals surface area contributed by atoms with E-state index in [1.54, 1.807) is 7.11 Å². The van der Waals surface area contributed by atoms with Crippen LogP contribution in [-0.2, 0) is 0 Å². The predicted octanol–water partition coefficient (Wildman–Crippen LogP) is 5.08. The monoisotopic (exact) mass is 414 g/mol. The second-order valence-corrected chi connectivity index (χ2v) is 5.11. The maximum absolute atomic E-state index is 5.22. The topological polar surface area (TPSA) is 35.0 Å². The molecule has 114 valence electrons. The Balaban J connectivity index is 0.00000156. The molecule has 0 saturated heterocycles. The van der Waals surface area contributed by atoms with E-state index in [1.165, 1.54) is 0 Å². The van der Waals surface area contributed by atoms with E-state index >= 15 is 0 Å². The highest BCUT2D eigenvalue weighted by Gasteiger charge is 2.08. The van der Waals surface area contributed by atoms with E-state index in [2.05, 4.69) is 6.07 Å². The molecule has 3 nitrogen and oxygen atoms in total. The van der Waals surface area contributed by atoms with Crippen molar-refractivity contribution >= 4 is 46.0 Å². The Morgan fingerprint density at radius 1 is 0.696 bits per heavy atom. The molecule has 0 unspecified atom stereocenters. The number of nitrogens with zero attached hydrogens (tertiary/aromatic N) is 2. The van der Waals surface area contributed by atoms with Gasteiger partial charge in [-0.2, -0.15) is 0 Å². The van der Waals surface area contributed by atoms with Crippen LogP contribution >= 0.6 is 24.0 Å². The fourth-order valence-electron chi connectivity index (χ4n) is 2.65. The van der Waals surface area contributed by atoms with Crippen LogP contribution in [0.3, 0.4) is 0 Å². The summed E-state index contributed by atoms with van der Waals surface area (Å²) < 4.78 is 5.22. The van der Waals surface area contributed by atoms with Crippen LogP contribution in [0.25, 0.3) is 33.2 Å². The molecule has 0 aliphatic carbocycles. The Hall–Kier alpha value is -2.21. The Labute approximate surface area is 151 Å². The number of hydrogen-bond acceptors (Lipinski definition) is 3. The molecule has 0 N–H and O–H groups in total. The molecule has 23 heavy (non-hydrogen) atoms.